The van der Waals surface area contributed by atoms with E-state index in [1.165, 1.54) is 0 Å². The second-order valence-corrected chi connectivity index (χ2v) is 0. The van der Waals surface area contributed by atoms with Crippen molar-refractivity contribution in [3.63, 3.8) is 0 Å². The van der Waals surface area contributed by atoms with Gasteiger partial charge in [0.1, 0.15) is 0 Å². The Kier molecular flexibility index (Phi) is 33700. The van der Waals surface area contributed by atoms with Crippen molar-refractivity contribution >= 4 is 0 Å². The summed E-state index contributed by atoms with van der Waals surface area (Å²) in [6, 6.07) is 0. The molecule has 12 heavy (non-hydrogen) atoms. The molecule has 0 saturated carbocycles. The van der Waals surface area contributed by atoms with Crippen LogP contribution in [0.15, 0.2) is 0 Å². The molecule has 0 unspecified atom stereocenters. The van der Waals surface area contributed by atoms with Crippen molar-refractivity contribution in [3.8, 4) is 0 Å². The molecule has 0 bridgehead atoms. The van der Waals surface area contributed by atoms with E-state index in [0.29, 0.717) is 0 Å². The van der Waals surface area contributed by atoms with Crippen LogP contribution < -0.4 is 0 Å². The summed E-state index contributed by atoms with van der Waals surface area (Å²) in [6.45, 7) is 0. The van der Waals surface area contributed by atoms with Gasteiger partial charge in [0.15, 0.2) is 0 Å². The standard InChI is InChI=1S/Cr.3Cu.8H2O/h;;;;8*1H2/q;3*+2;;;;;;;;/p-6. The molecule has 0 rings (SSSR count). The molecule has 0 aromatic heterocycles. The topological polar surface area (TPSA) is 243 Å². The third-order valence-electron chi connectivity index (χ3n) is 0. The largest absolute Gasteiger partial charge is 2.00 e. The minimum Gasteiger partial charge on any atom is -0.870 e. The van der Waals surface area contributed by atoms with Crippen LogP contribution in [0.2, 0.25) is 0 Å². The average Bonchev–Trinajstić information content (AvgIpc) is 0. The van der Waals surface area contributed by atoms with E-state index < -0.39 is 0 Å². The fraction of sp³-hybridized carbons (Fsp3) is 0. The maximum absolute atomic E-state index is 0. The summed E-state index contributed by atoms with van der Waals surface area (Å²) >= 11 is 0. The van der Waals surface area contributed by atoms with Crippen LogP contribution in [-0.4, -0.2) is 43.8 Å². The molecule has 0 atom stereocenters. The molecule has 0 aliphatic rings. The molecule has 0 aliphatic heterocycles. The Morgan fingerprint density at radius 1 is 0.333 bits per heavy atom. The van der Waals surface area contributed by atoms with E-state index in [9.17, 15) is 0 Å². The summed E-state index contributed by atoms with van der Waals surface area (Å²) in [6.07, 6.45) is 0. The molecule has 12 heteroatoms. The molecule has 0 fully saturated rings. The molecule has 0 saturated heterocycles. The van der Waals surface area contributed by atoms with Gasteiger partial charge in [-0.25, -0.2) is 0 Å². The Bertz CT molecular complexity index is 14.3. The van der Waals surface area contributed by atoms with Gasteiger partial charge in [-0.3, -0.25) is 0 Å². The molecular weight excluding hydrogens is 371 g/mol. The van der Waals surface area contributed by atoms with Gasteiger partial charge in [-0.1, -0.05) is 0 Å². The summed E-state index contributed by atoms with van der Waals surface area (Å²) < 4.78 is 0. The van der Waals surface area contributed by atoms with Gasteiger partial charge < -0.3 is 43.8 Å². The van der Waals surface area contributed by atoms with Gasteiger partial charge in [0.2, 0.25) is 0 Å². The monoisotopic (exact) mass is 379 g/mol. The van der Waals surface area contributed by atoms with Crippen molar-refractivity contribution in [3.05, 3.63) is 0 Å². The third-order valence-corrected chi connectivity index (χ3v) is 0. The van der Waals surface area contributed by atoms with Crippen LogP contribution in [0.25, 0.3) is 0 Å². The van der Waals surface area contributed by atoms with Crippen LogP contribution in [0.5, 0.6) is 0 Å². The Hall–Kier alpha value is 1.77. The van der Waals surface area contributed by atoms with Crippen LogP contribution in [-0.2, 0) is 68.6 Å². The summed E-state index contributed by atoms with van der Waals surface area (Å²) in [4.78, 5) is 0. The first kappa shape index (κ1) is 716. The van der Waals surface area contributed by atoms with Crippen LogP contribution in [0.3, 0.4) is 0 Å². The molecule has 97 valence electrons. The van der Waals surface area contributed by atoms with Crippen molar-refractivity contribution < 1.29 is 112 Å². The molecule has 0 spiro atoms. The quantitative estimate of drug-likeness (QED) is 0.403. The zero-order chi connectivity index (χ0) is 0. The minimum atomic E-state index is 0. The Labute approximate surface area is 112 Å². The molecule has 0 aliphatic carbocycles. The zero-order valence-electron chi connectivity index (χ0n) is 5.00. The summed E-state index contributed by atoms with van der Waals surface area (Å²) in [5.41, 5.74) is 0. The summed E-state index contributed by atoms with van der Waals surface area (Å²) in [7, 11) is 0. The maximum Gasteiger partial charge on any atom is 2.00 e. The fourth-order valence-corrected chi connectivity index (χ4v) is 0. The number of hydrogen-bond acceptors (Lipinski definition) is 6. The van der Waals surface area contributed by atoms with Crippen molar-refractivity contribution in [2.24, 2.45) is 0 Å². The van der Waals surface area contributed by atoms with Gasteiger partial charge in [0, 0.05) is 17.4 Å². The second kappa shape index (κ2) is 564. The van der Waals surface area contributed by atoms with E-state index in [2.05, 4.69) is 0 Å². The Balaban J connectivity index is 0. The molecular formula is H10CrCu3O8. The van der Waals surface area contributed by atoms with E-state index in [0.717, 1.165) is 0 Å². The Morgan fingerprint density at radius 3 is 0.333 bits per heavy atom. The predicted octanol–water partition coefficient (Wildman–Crippen LogP) is -2.72. The summed E-state index contributed by atoms with van der Waals surface area (Å²) in [5.74, 6) is 0. The van der Waals surface area contributed by atoms with Crippen molar-refractivity contribution in [2.45, 2.75) is 0 Å². The van der Waals surface area contributed by atoms with Crippen LogP contribution in [0.1, 0.15) is 0 Å². The molecule has 0 amide bonds. The number of rotatable bonds is 0. The molecule has 0 aromatic carbocycles. The van der Waals surface area contributed by atoms with Gasteiger partial charge in [0.05, 0.1) is 0 Å². The van der Waals surface area contributed by atoms with E-state index >= 15 is 0 Å². The first-order valence-electron chi connectivity index (χ1n) is 0. The van der Waals surface area contributed by atoms with Crippen molar-refractivity contribution in [1.82, 2.24) is 0 Å². The zero-order valence-corrected chi connectivity index (χ0v) is 9.10. The van der Waals surface area contributed by atoms with E-state index in [1.54, 1.807) is 0 Å². The van der Waals surface area contributed by atoms with Gasteiger partial charge in [0.25, 0.3) is 0 Å². The average molecular weight is 381 g/mol. The summed E-state index contributed by atoms with van der Waals surface area (Å²) in [5, 5.41) is 0. The van der Waals surface area contributed by atoms with Gasteiger partial charge in [-0.2, -0.15) is 0 Å². The normalized spacial score (nSPS) is 0. The van der Waals surface area contributed by atoms with Gasteiger partial charge >= 0.3 is 51.2 Å². The number of hydrogen-bond donors (Lipinski definition) is 0. The van der Waals surface area contributed by atoms with Crippen LogP contribution in [0.4, 0.5) is 0 Å². The predicted molar refractivity (Wildman–Crippen MR) is 18.8 cm³/mol. The van der Waals surface area contributed by atoms with E-state index in [-0.39, 0.29) is 112 Å². The van der Waals surface area contributed by atoms with E-state index in [1.807, 2.05) is 0 Å². The first-order chi connectivity index (χ1) is 0. The van der Waals surface area contributed by atoms with Crippen molar-refractivity contribution in [1.29, 1.82) is 0 Å². The minimum absolute atomic E-state index is 0. The molecule has 10 N–H and O–H groups in total. The van der Waals surface area contributed by atoms with Gasteiger partial charge in [-0.05, 0) is 0 Å². The third kappa shape index (κ3) is 435. The maximum atomic E-state index is 0. The van der Waals surface area contributed by atoms with Crippen LogP contribution in [0, 0.1) is 0 Å². The fourth-order valence-electron chi connectivity index (χ4n) is 0. The SMILES string of the molecule is O.O.[Cr].[Cu+2].[Cu+2].[Cu+2].[OH-].[OH-].[OH-].[OH-].[OH-].[OH-]. The van der Waals surface area contributed by atoms with Crippen LogP contribution >= 0.6 is 0 Å². The van der Waals surface area contributed by atoms with Gasteiger partial charge in [-0.15, -0.1) is 0 Å². The molecule has 0 heterocycles. The Morgan fingerprint density at radius 2 is 0.333 bits per heavy atom. The second-order valence-electron chi connectivity index (χ2n) is 0. The first-order valence-corrected chi connectivity index (χ1v) is 0. The van der Waals surface area contributed by atoms with E-state index in [4.69, 9.17) is 0 Å². The molecule has 3 radical (unpaired) electrons. The molecule has 8 nitrogen and oxygen atoms in total. The molecule has 0 aromatic rings. The smallest absolute Gasteiger partial charge is 0.870 e. The van der Waals surface area contributed by atoms with Crippen molar-refractivity contribution in [2.75, 3.05) is 0 Å².